The van der Waals surface area contributed by atoms with Gasteiger partial charge in [-0.1, -0.05) is 29.8 Å². The van der Waals surface area contributed by atoms with E-state index in [1.807, 2.05) is 36.4 Å². The van der Waals surface area contributed by atoms with Crippen LogP contribution in [0.1, 0.15) is 0 Å². The van der Waals surface area contributed by atoms with E-state index in [9.17, 15) is 0 Å². The molecule has 2 heterocycles. The summed E-state index contributed by atoms with van der Waals surface area (Å²) in [5.74, 6) is 1.40. The Hall–Kier alpha value is -2.07. The first-order valence-corrected chi connectivity index (χ1v) is 5.81. The molecule has 0 radical (unpaired) electrons. The van der Waals surface area contributed by atoms with Gasteiger partial charge in [0.1, 0.15) is 10.9 Å². The van der Waals surface area contributed by atoms with Crippen molar-refractivity contribution in [2.24, 2.45) is 0 Å². The highest BCUT2D eigenvalue weighted by Gasteiger charge is 2.08. The van der Waals surface area contributed by atoms with Crippen LogP contribution in [0.25, 0.3) is 17.0 Å². The maximum atomic E-state index is 6.05. The van der Waals surface area contributed by atoms with Crippen LogP contribution < -0.4 is 4.74 Å². The third kappa shape index (κ3) is 1.80. The fourth-order valence-corrected chi connectivity index (χ4v) is 1.95. The van der Waals surface area contributed by atoms with Gasteiger partial charge in [0.15, 0.2) is 11.5 Å². The summed E-state index contributed by atoms with van der Waals surface area (Å²) >= 11 is 6.05. The molecule has 3 aromatic rings. The van der Waals surface area contributed by atoms with Crippen LogP contribution in [0.4, 0.5) is 0 Å². The average Bonchev–Trinajstić information content (AvgIpc) is 2.84. The number of methoxy groups -OCH3 is 1. The molecule has 0 spiro atoms. The number of aromatic nitrogens is 3. The molecule has 0 atom stereocenters. The van der Waals surface area contributed by atoms with Crippen molar-refractivity contribution >= 4 is 17.2 Å². The van der Waals surface area contributed by atoms with Crippen molar-refractivity contribution in [2.45, 2.75) is 0 Å². The Morgan fingerprint density at radius 1 is 1.17 bits per heavy atom. The summed E-state index contributed by atoms with van der Waals surface area (Å²) in [6.07, 6.45) is 0. The molecule has 90 valence electrons. The highest BCUT2D eigenvalue weighted by atomic mass is 35.5. The van der Waals surface area contributed by atoms with Crippen molar-refractivity contribution in [3.63, 3.8) is 0 Å². The van der Waals surface area contributed by atoms with Gasteiger partial charge in [0.05, 0.1) is 7.11 Å². The highest BCUT2D eigenvalue weighted by molar-refractivity contribution is 6.29. The summed E-state index contributed by atoms with van der Waals surface area (Å²) < 4.78 is 6.79. The lowest BCUT2D eigenvalue weighted by atomic mass is 10.2. The van der Waals surface area contributed by atoms with Crippen molar-refractivity contribution < 1.29 is 4.74 Å². The minimum atomic E-state index is 0.536. The molecule has 0 unspecified atom stereocenters. The summed E-state index contributed by atoms with van der Waals surface area (Å²) in [4.78, 5) is 4.43. The average molecular weight is 260 g/mol. The number of hydrogen-bond acceptors (Lipinski definition) is 3. The Morgan fingerprint density at radius 3 is 2.78 bits per heavy atom. The van der Waals surface area contributed by atoms with Gasteiger partial charge in [-0.3, -0.25) is 0 Å². The van der Waals surface area contributed by atoms with E-state index in [2.05, 4.69) is 10.1 Å². The van der Waals surface area contributed by atoms with Crippen molar-refractivity contribution in [3.8, 4) is 17.1 Å². The molecule has 0 saturated heterocycles. The molecule has 0 saturated carbocycles. The van der Waals surface area contributed by atoms with Gasteiger partial charge in [-0.05, 0) is 24.3 Å². The molecule has 2 aromatic heterocycles. The van der Waals surface area contributed by atoms with Gasteiger partial charge in [-0.25, -0.2) is 9.50 Å². The van der Waals surface area contributed by atoms with Crippen LogP contribution in [0, 0.1) is 0 Å². The van der Waals surface area contributed by atoms with E-state index in [0.29, 0.717) is 11.0 Å². The third-order valence-corrected chi connectivity index (χ3v) is 2.93. The summed E-state index contributed by atoms with van der Waals surface area (Å²) in [7, 11) is 1.63. The van der Waals surface area contributed by atoms with E-state index in [1.54, 1.807) is 17.7 Å². The first kappa shape index (κ1) is 11.0. The molecule has 4 nitrogen and oxygen atoms in total. The van der Waals surface area contributed by atoms with Gasteiger partial charge >= 0.3 is 0 Å². The maximum Gasteiger partial charge on any atom is 0.182 e. The normalized spacial score (nSPS) is 10.8. The fraction of sp³-hybridized carbons (Fsp3) is 0.0769. The molecule has 5 heteroatoms. The molecule has 0 aliphatic heterocycles. The van der Waals surface area contributed by atoms with Gasteiger partial charge in [-0.2, -0.15) is 0 Å². The second-order valence-electron chi connectivity index (χ2n) is 3.79. The molecule has 0 N–H and O–H groups in total. The zero-order valence-corrected chi connectivity index (χ0v) is 10.4. The number of pyridine rings is 1. The number of rotatable bonds is 2. The predicted octanol–water partition coefficient (Wildman–Crippen LogP) is 3.06. The summed E-state index contributed by atoms with van der Waals surface area (Å²) in [6.45, 7) is 0. The van der Waals surface area contributed by atoms with Crippen LogP contribution in [0.2, 0.25) is 5.15 Å². The lowest BCUT2D eigenvalue weighted by Gasteiger charge is -2.00. The first-order chi connectivity index (χ1) is 8.78. The Balaban J connectivity index is 2.16. The number of benzene rings is 1. The summed E-state index contributed by atoms with van der Waals surface area (Å²) in [6, 6.07) is 13.1. The van der Waals surface area contributed by atoms with Crippen LogP contribution in [-0.4, -0.2) is 21.7 Å². The zero-order chi connectivity index (χ0) is 12.5. The van der Waals surface area contributed by atoms with E-state index in [-0.39, 0.29) is 0 Å². The molecule has 18 heavy (non-hydrogen) atoms. The zero-order valence-electron chi connectivity index (χ0n) is 9.67. The molecule has 3 rings (SSSR count). The number of ether oxygens (including phenoxy) is 1. The Labute approximate surface area is 109 Å². The van der Waals surface area contributed by atoms with E-state index in [0.717, 1.165) is 17.0 Å². The van der Waals surface area contributed by atoms with Gasteiger partial charge in [0.25, 0.3) is 0 Å². The minimum Gasteiger partial charge on any atom is -0.497 e. The van der Waals surface area contributed by atoms with E-state index >= 15 is 0 Å². The van der Waals surface area contributed by atoms with Gasteiger partial charge in [-0.15, -0.1) is 5.10 Å². The number of nitrogens with zero attached hydrogens (tertiary/aromatic N) is 3. The standard InChI is InChI=1S/C13H10ClN3O/c1-18-10-5-2-4-9(8-10)13-15-12-7-3-6-11(14)17(12)16-13/h2-8H,1H3. The van der Waals surface area contributed by atoms with Crippen molar-refractivity contribution in [2.75, 3.05) is 7.11 Å². The molecule has 1 aromatic carbocycles. The Morgan fingerprint density at radius 2 is 2.00 bits per heavy atom. The second kappa shape index (κ2) is 4.31. The van der Waals surface area contributed by atoms with Crippen molar-refractivity contribution in [3.05, 3.63) is 47.6 Å². The maximum absolute atomic E-state index is 6.05. The van der Waals surface area contributed by atoms with Crippen LogP contribution in [0.5, 0.6) is 5.75 Å². The monoisotopic (exact) mass is 259 g/mol. The largest absolute Gasteiger partial charge is 0.497 e. The molecular weight excluding hydrogens is 250 g/mol. The van der Waals surface area contributed by atoms with Crippen LogP contribution >= 0.6 is 11.6 Å². The Kier molecular flexibility index (Phi) is 2.64. The SMILES string of the molecule is COc1cccc(-c2nc3cccc(Cl)n3n2)c1. The lowest BCUT2D eigenvalue weighted by molar-refractivity contribution is 0.415. The third-order valence-electron chi connectivity index (χ3n) is 2.64. The molecule has 0 aliphatic rings. The summed E-state index contributed by atoms with van der Waals surface area (Å²) in [5.41, 5.74) is 1.62. The number of hydrogen-bond donors (Lipinski definition) is 0. The topological polar surface area (TPSA) is 39.4 Å². The van der Waals surface area contributed by atoms with Crippen LogP contribution in [0.15, 0.2) is 42.5 Å². The lowest BCUT2D eigenvalue weighted by Crippen LogP contribution is -1.88. The second-order valence-corrected chi connectivity index (χ2v) is 4.17. The van der Waals surface area contributed by atoms with Gasteiger partial charge in [0, 0.05) is 5.56 Å². The van der Waals surface area contributed by atoms with Crippen molar-refractivity contribution in [1.82, 2.24) is 14.6 Å². The first-order valence-electron chi connectivity index (χ1n) is 5.43. The molecule has 0 bridgehead atoms. The molecule has 0 fully saturated rings. The minimum absolute atomic E-state index is 0.536. The fourth-order valence-electron chi connectivity index (χ4n) is 1.76. The van der Waals surface area contributed by atoms with Crippen LogP contribution in [0.3, 0.4) is 0 Å². The van der Waals surface area contributed by atoms with Gasteiger partial charge in [0.2, 0.25) is 0 Å². The predicted molar refractivity (Wildman–Crippen MR) is 70.0 cm³/mol. The number of halogens is 1. The van der Waals surface area contributed by atoms with Crippen LogP contribution in [-0.2, 0) is 0 Å². The van der Waals surface area contributed by atoms with E-state index < -0.39 is 0 Å². The van der Waals surface area contributed by atoms with Crippen molar-refractivity contribution in [1.29, 1.82) is 0 Å². The highest BCUT2D eigenvalue weighted by Crippen LogP contribution is 2.22. The quantitative estimate of drug-likeness (QED) is 0.664. The van der Waals surface area contributed by atoms with E-state index in [4.69, 9.17) is 16.3 Å². The smallest absolute Gasteiger partial charge is 0.182 e. The molecule has 0 aliphatic carbocycles. The van der Waals surface area contributed by atoms with E-state index in [1.165, 1.54) is 0 Å². The van der Waals surface area contributed by atoms with Gasteiger partial charge < -0.3 is 4.74 Å². The molecular formula is C13H10ClN3O. The molecule has 0 amide bonds. The Bertz CT molecular complexity index is 708. The summed E-state index contributed by atoms with van der Waals surface area (Å²) in [5, 5.41) is 4.91. The number of fused-ring (bicyclic) bond motifs is 1.